The monoisotopic (exact) mass is 338 g/mol. The molecule has 2 fully saturated rings. The maximum Gasteiger partial charge on any atom is 0.204 e. The second-order valence-corrected chi connectivity index (χ2v) is 7.26. The molecule has 0 radical (unpaired) electrons. The van der Waals surface area contributed by atoms with Crippen molar-refractivity contribution in [1.82, 2.24) is 0 Å². The average molecular weight is 338 g/mol. The van der Waals surface area contributed by atoms with Crippen LogP contribution in [0.1, 0.15) is 58.3 Å². The van der Waals surface area contributed by atoms with E-state index in [1.54, 1.807) is 6.92 Å². The van der Waals surface area contributed by atoms with Gasteiger partial charge in [-0.2, -0.15) is 8.78 Å². The highest BCUT2D eigenvalue weighted by Crippen LogP contribution is 2.41. The van der Waals surface area contributed by atoms with Gasteiger partial charge in [-0.1, -0.05) is 25.7 Å². The summed E-state index contributed by atoms with van der Waals surface area (Å²) in [6, 6.07) is 2.90. The van der Waals surface area contributed by atoms with Crippen molar-refractivity contribution in [3.05, 3.63) is 23.8 Å². The third kappa shape index (κ3) is 4.01. The summed E-state index contributed by atoms with van der Waals surface area (Å²) in [7, 11) is 0. The molecule has 0 amide bonds. The third-order valence-corrected chi connectivity index (χ3v) is 5.74. The van der Waals surface area contributed by atoms with E-state index in [0.717, 1.165) is 24.7 Å². The van der Waals surface area contributed by atoms with Crippen LogP contribution in [0.15, 0.2) is 12.1 Å². The van der Waals surface area contributed by atoms with Crippen LogP contribution in [0.2, 0.25) is 0 Å². The van der Waals surface area contributed by atoms with E-state index in [-0.39, 0.29) is 11.5 Å². The lowest BCUT2D eigenvalue weighted by Gasteiger charge is -2.32. The number of benzene rings is 1. The molecule has 3 rings (SSSR count). The van der Waals surface area contributed by atoms with Crippen LogP contribution in [-0.4, -0.2) is 13.2 Å². The standard InChI is InChI=1S/C20H28F2O2/c1-2-23-17-11-12-18(20(22)19(17)21)24-13-14-7-9-16(10-8-14)15-5-3-4-6-15/h11-12,14-16H,2-10,13H2,1H3. The maximum atomic E-state index is 14.0. The highest BCUT2D eigenvalue weighted by Gasteiger charge is 2.29. The van der Waals surface area contributed by atoms with E-state index in [1.807, 2.05) is 0 Å². The topological polar surface area (TPSA) is 18.5 Å². The summed E-state index contributed by atoms with van der Waals surface area (Å²) in [5.74, 6) is 0.304. The van der Waals surface area contributed by atoms with E-state index >= 15 is 0 Å². The number of hydrogen-bond acceptors (Lipinski definition) is 2. The van der Waals surface area contributed by atoms with Gasteiger partial charge in [0, 0.05) is 0 Å². The van der Waals surface area contributed by atoms with Crippen LogP contribution in [0.3, 0.4) is 0 Å². The van der Waals surface area contributed by atoms with Crippen LogP contribution in [-0.2, 0) is 0 Å². The molecular weight excluding hydrogens is 310 g/mol. The summed E-state index contributed by atoms with van der Waals surface area (Å²) in [5, 5.41) is 0. The number of hydrogen-bond donors (Lipinski definition) is 0. The Labute approximate surface area is 143 Å². The van der Waals surface area contributed by atoms with Crippen LogP contribution in [0, 0.1) is 29.4 Å². The maximum absolute atomic E-state index is 14.0. The van der Waals surface area contributed by atoms with Gasteiger partial charge in [0.1, 0.15) is 0 Å². The molecule has 0 atom stereocenters. The number of rotatable bonds is 6. The van der Waals surface area contributed by atoms with Gasteiger partial charge in [-0.25, -0.2) is 0 Å². The van der Waals surface area contributed by atoms with Gasteiger partial charge in [0.05, 0.1) is 13.2 Å². The van der Waals surface area contributed by atoms with Crippen LogP contribution < -0.4 is 9.47 Å². The van der Waals surface area contributed by atoms with Crippen molar-refractivity contribution in [3.63, 3.8) is 0 Å². The minimum atomic E-state index is -0.959. The van der Waals surface area contributed by atoms with Gasteiger partial charge in [-0.3, -0.25) is 0 Å². The zero-order valence-corrected chi connectivity index (χ0v) is 14.5. The zero-order chi connectivity index (χ0) is 16.9. The van der Waals surface area contributed by atoms with E-state index in [1.165, 1.54) is 50.7 Å². The number of ether oxygens (including phenoxy) is 2. The molecule has 2 aliphatic rings. The molecule has 134 valence electrons. The fraction of sp³-hybridized carbons (Fsp3) is 0.700. The first-order valence-electron chi connectivity index (χ1n) is 9.42. The Morgan fingerprint density at radius 3 is 1.96 bits per heavy atom. The number of halogens is 2. The van der Waals surface area contributed by atoms with Gasteiger partial charge in [-0.05, 0) is 62.5 Å². The third-order valence-electron chi connectivity index (χ3n) is 5.74. The Hall–Kier alpha value is -1.32. The molecule has 2 saturated carbocycles. The summed E-state index contributed by atoms with van der Waals surface area (Å²) >= 11 is 0. The van der Waals surface area contributed by atoms with Gasteiger partial charge in [0.15, 0.2) is 11.5 Å². The highest BCUT2D eigenvalue weighted by molar-refractivity contribution is 5.35. The average Bonchev–Trinajstić information content (AvgIpc) is 3.14. The predicted molar refractivity (Wildman–Crippen MR) is 90.4 cm³/mol. The molecule has 0 aliphatic heterocycles. The molecule has 0 saturated heterocycles. The normalized spacial score (nSPS) is 25.0. The lowest BCUT2D eigenvalue weighted by atomic mass is 9.75. The van der Waals surface area contributed by atoms with E-state index < -0.39 is 11.6 Å². The molecular formula is C20H28F2O2. The summed E-state index contributed by atoms with van der Waals surface area (Å²) in [4.78, 5) is 0. The molecule has 0 spiro atoms. The van der Waals surface area contributed by atoms with Crippen molar-refractivity contribution in [2.24, 2.45) is 17.8 Å². The lowest BCUT2D eigenvalue weighted by Crippen LogP contribution is -2.23. The van der Waals surface area contributed by atoms with E-state index in [0.29, 0.717) is 19.1 Å². The van der Waals surface area contributed by atoms with Gasteiger partial charge in [0.2, 0.25) is 11.6 Å². The van der Waals surface area contributed by atoms with Crippen molar-refractivity contribution in [2.45, 2.75) is 58.3 Å². The summed E-state index contributed by atoms with van der Waals surface area (Å²) in [6.45, 7) is 2.52. The molecule has 0 aromatic heterocycles. The second-order valence-electron chi connectivity index (χ2n) is 7.26. The van der Waals surface area contributed by atoms with Crippen molar-refractivity contribution in [1.29, 1.82) is 0 Å². The highest BCUT2D eigenvalue weighted by atomic mass is 19.2. The van der Waals surface area contributed by atoms with Crippen LogP contribution in [0.25, 0.3) is 0 Å². The van der Waals surface area contributed by atoms with Crippen molar-refractivity contribution in [3.8, 4) is 11.5 Å². The SMILES string of the molecule is CCOc1ccc(OCC2CCC(C3CCCC3)CC2)c(F)c1F. The molecule has 0 heterocycles. The quantitative estimate of drug-likeness (QED) is 0.658. The summed E-state index contributed by atoms with van der Waals surface area (Å²) in [6.07, 6.45) is 10.4. The summed E-state index contributed by atoms with van der Waals surface area (Å²) in [5.41, 5.74) is 0. The fourth-order valence-electron chi connectivity index (χ4n) is 4.36. The molecule has 2 aliphatic carbocycles. The van der Waals surface area contributed by atoms with Crippen molar-refractivity contribution >= 4 is 0 Å². The van der Waals surface area contributed by atoms with Crippen LogP contribution >= 0.6 is 0 Å². The zero-order valence-electron chi connectivity index (χ0n) is 14.5. The first-order chi connectivity index (χ1) is 11.7. The lowest BCUT2D eigenvalue weighted by molar-refractivity contribution is 0.151. The fourth-order valence-corrected chi connectivity index (χ4v) is 4.36. The van der Waals surface area contributed by atoms with Crippen LogP contribution in [0.5, 0.6) is 11.5 Å². The van der Waals surface area contributed by atoms with Crippen LogP contribution in [0.4, 0.5) is 8.78 Å². The Morgan fingerprint density at radius 2 is 1.38 bits per heavy atom. The van der Waals surface area contributed by atoms with Gasteiger partial charge in [0.25, 0.3) is 0 Å². The van der Waals surface area contributed by atoms with E-state index in [4.69, 9.17) is 9.47 Å². The molecule has 24 heavy (non-hydrogen) atoms. The largest absolute Gasteiger partial charge is 0.491 e. The minimum absolute atomic E-state index is 0.00568. The Kier molecular flexibility index (Phi) is 5.96. The second kappa shape index (κ2) is 8.17. The summed E-state index contributed by atoms with van der Waals surface area (Å²) < 4.78 is 38.5. The van der Waals surface area contributed by atoms with Gasteiger partial charge < -0.3 is 9.47 Å². The Balaban J connectivity index is 1.49. The molecule has 1 aromatic carbocycles. The molecule has 0 N–H and O–H groups in total. The molecule has 4 heteroatoms. The molecule has 1 aromatic rings. The predicted octanol–water partition coefficient (Wildman–Crippen LogP) is 5.74. The van der Waals surface area contributed by atoms with E-state index in [9.17, 15) is 8.78 Å². The first-order valence-corrected chi connectivity index (χ1v) is 9.42. The Bertz CT molecular complexity index is 533. The Morgan fingerprint density at radius 1 is 0.833 bits per heavy atom. The van der Waals surface area contributed by atoms with Gasteiger partial charge in [-0.15, -0.1) is 0 Å². The minimum Gasteiger partial charge on any atom is -0.491 e. The molecule has 0 bridgehead atoms. The molecule has 2 nitrogen and oxygen atoms in total. The van der Waals surface area contributed by atoms with Crippen molar-refractivity contribution in [2.75, 3.05) is 13.2 Å². The van der Waals surface area contributed by atoms with Gasteiger partial charge >= 0.3 is 0 Å². The smallest absolute Gasteiger partial charge is 0.204 e. The van der Waals surface area contributed by atoms with Crippen molar-refractivity contribution < 1.29 is 18.3 Å². The molecule has 0 unspecified atom stereocenters. The first kappa shape index (κ1) is 17.5. The van der Waals surface area contributed by atoms with E-state index in [2.05, 4.69) is 0 Å².